The van der Waals surface area contributed by atoms with Gasteiger partial charge in [0.25, 0.3) is 0 Å². The van der Waals surface area contributed by atoms with Crippen LogP contribution >= 0.6 is 0 Å². The number of likely N-dealkylation sites (N-methyl/N-ethyl adjacent to an activating group) is 1. The standard InChI is InChI=1S/C16H27N3O2/c1-4-19(12-16(2,3)21)10-9-15(20)18-14-8-6-5-7-13(14)11-17/h5-8,21H,4,9-12,17H2,1-3H3,(H,18,20). The van der Waals surface area contributed by atoms with Crippen LogP contribution in [0.4, 0.5) is 5.69 Å². The molecule has 0 heterocycles. The number of nitrogens with one attached hydrogen (secondary N) is 1. The molecule has 0 atom stereocenters. The van der Waals surface area contributed by atoms with E-state index in [1.807, 2.05) is 31.2 Å². The van der Waals surface area contributed by atoms with Gasteiger partial charge >= 0.3 is 0 Å². The van der Waals surface area contributed by atoms with Crippen molar-refractivity contribution in [2.75, 3.05) is 25.0 Å². The van der Waals surface area contributed by atoms with Gasteiger partial charge in [-0.05, 0) is 32.0 Å². The molecule has 1 aromatic carbocycles. The number of anilines is 1. The normalized spacial score (nSPS) is 11.7. The smallest absolute Gasteiger partial charge is 0.225 e. The molecule has 118 valence electrons. The zero-order valence-electron chi connectivity index (χ0n) is 13.2. The van der Waals surface area contributed by atoms with Crippen LogP contribution in [0.1, 0.15) is 32.8 Å². The van der Waals surface area contributed by atoms with E-state index >= 15 is 0 Å². The van der Waals surface area contributed by atoms with Crippen molar-refractivity contribution < 1.29 is 9.90 Å². The molecule has 0 saturated heterocycles. The second-order valence-corrected chi connectivity index (χ2v) is 5.84. The minimum atomic E-state index is -0.751. The first-order valence-electron chi connectivity index (χ1n) is 7.38. The summed E-state index contributed by atoms with van der Waals surface area (Å²) >= 11 is 0. The molecule has 0 aliphatic heterocycles. The minimum absolute atomic E-state index is 0.0369. The van der Waals surface area contributed by atoms with Crippen LogP contribution in [-0.4, -0.2) is 41.1 Å². The van der Waals surface area contributed by atoms with Gasteiger partial charge in [-0.25, -0.2) is 0 Å². The summed E-state index contributed by atoms with van der Waals surface area (Å²) in [6, 6.07) is 7.54. The Bertz CT molecular complexity index is 455. The molecular formula is C16H27N3O2. The molecule has 21 heavy (non-hydrogen) atoms. The van der Waals surface area contributed by atoms with E-state index in [4.69, 9.17) is 5.73 Å². The third kappa shape index (κ3) is 6.71. The van der Waals surface area contributed by atoms with Gasteiger partial charge in [0.15, 0.2) is 0 Å². The van der Waals surface area contributed by atoms with Crippen molar-refractivity contribution in [2.24, 2.45) is 5.73 Å². The fraction of sp³-hybridized carbons (Fsp3) is 0.562. The Hall–Kier alpha value is -1.43. The molecule has 5 nitrogen and oxygen atoms in total. The highest BCUT2D eigenvalue weighted by molar-refractivity contribution is 5.91. The highest BCUT2D eigenvalue weighted by Crippen LogP contribution is 2.14. The van der Waals surface area contributed by atoms with E-state index in [0.29, 0.717) is 26.1 Å². The highest BCUT2D eigenvalue weighted by Gasteiger charge is 2.17. The number of rotatable bonds is 8. The number of amides is 1. The van der Waals surface area contributed by atoms with Crippen molar-refractivity contribution in [3.8, 4) is 0 Å². The highest BCUT2D eigenvalue weighted by atomic mass is 16.3. The van der Waals surface area contributed by atoms with Gasteiger partial charge in [-0.2, -0.15) is 0 Å². The number of carbonyl (C=O) groups excluding carboxylic acids is 1. The van der Waals surface area contributed by atoms with E-state index in [1.165, 1.54) is 0 Å². The number of aliphatic hydroxyl groups is 1. The predicted molar refractivity (Wildman–Crippen MR) is 86.0 cm³/mol. The number of para-hydroxylation sites is 1. The number of carbonyl (C=O) groups is 1. The first-order valence-corrected chi connectivity index (χ1v) is 7.38. The lowest BCUT2D eigenvalue weighted by atomic mass is 10.1. The van der Waals surface area contributed by atoms with Crippen LogP contribution in [0.5, 0.6) is 0 Å². The fourth-order valence-electron chi connectivity index (χ4n) is 2.19. The summed E-state index contributed by atoms with van der Waals surface area (Å²) in [5.41, 5.74) is 6.60. The van der Waals surface area contributed by atoms with E-state index in [9.17, 15) is 9.90 Å². The fourth-order valence-corrected chi connectivity index (χ4v) is 2.19. The summed E-state index contributed by atoms with van der Waals surface area (Å²) in [6.07, 6.45) is 0.392. The van der Waals surface area contributed by atoms with Crippen LogP contribution in [0.25, 0.3) is 0 Å². The first kappa shape index (κ1) is 17.6. The third-order valence-electron chi connectivity index (χ3n) is 3.22. The molecule has 0 fully saturated rings. The lowest BCUT2D eigenvalue weighted by Gasteiger charge is -2.27. The average molecular weight is 293 g/mol. The maximum Gasteiger partial charge on any atom is 0.225 e. The Morgan fingerprint density at radius 2 is 2.05 bits per heavy atom. The summed E-state index contributed by atoms with van der Waals surface area (Å²) in [5.74, 6) is -0.0369. The summed E-state index contributed by atoms with van der Waals surface area (Å²) in [7, 11) is 0. The van der Waals surface area contributed by atoms with Crippen LogP contribution in [0.2, 0.25) is 0 Å². The molecule has 1 rings (SSSR count). The molecule has 0 bridgehead atoms. The van der Waals surface area contributed by atoms with E-state index in [0.717, 1.165) is 17.8 Å². The molecule has 0 aromatic heterocycles. The van der Waals surface area contributed by atoms with Gasteiger partial charge in [-0.3, -0.25) is 4.79 Å². The topological polar surface area (TPSA) is 78.6 Å². The molecule has 0 aliphatic carbocycles. The maximum absolute atomic E-state index is 12.0. The number of hydrogen-bond donors (Lipinski definition) is 3. The van der Waals surface area contributed by atoms with Crippen LogP contribution < -0.4 is 11.1 Å². The van der Waals surface area contributed by atoms with Gasteiger partial charge < -0.3 is 21.1 Å². The molecule has 0 radical (unpaired) electrons. The van der Waals surface area contributed by atoms with Gasteiger partial charge in [0.05, 0.1) is 5.60 Å². The van der Waals surface area contributed by atoms with Gasteiger partial charge in [0.2, 0.25) is 5.91 Å². The van der Waals surface area contributed by atoms with Crippen molar-refractivity contribution in [1.29, 1.82) is 0 Å². The van der Waals surface area contributed by atoms with Crippen LogP contribution in [0, 0.1) is 0 Å². The summed E-state index contributed by atoms with van der Waals surface area (Å²) in [5, 5.41) is 12.7. The Balaban J connectivity index is 2.50. The minimum Gasteiger partial charge on any atom is -0.389 e. The molecular weight excluding hydrogens is 266 g/mol. The molecule has 1 amide bonds. The second-order valence-electron chi connectivity index (χ2n) is 5.84. The van der Waals surface area contributed by atoms with Crippen LogP contribution in [0.15, 0.2) is 24.3 Å². The zero-order chi connectivity index (χ0) is 15.9. The lowest BCUT2D eigenvalue weighted by Crippen LogP contribution is -2.39. The lowest BCUT2D eigenvalue weighted by molar-refractivity contribution is -0.116. The van der Waals surface area contributed by atoms with Gasteiger partial charge in [0.1, 0.15) is 0 Å². The van der Waals surface area contributed by atoms with Gasteiger partial charge in [-0.15, -0.1) is 0 Å². The first-order chi connectivity index (χ1) is 9.85. The Labute approximate surface area is 127 Å². The summed E-state index contributed by atoms with van der Waals surface area (Å²) in [6.45, 7) is 7.94. The monoisotopic (exact) mass is 293 g/mol. The van der Waals surface area contributed by atoms with Crippen molar-refractivity contribution >= 4 is 11.6 Å². The molecule has 0 saturated carbocycles. The molecule has 0 unspecified atom stereocenters. The molecule has 1 aromatic rings. The zero-order valence-corrected chi connectivity index (χ0v) is 13.2. The Morgan fingerprint density at radius 1 is 1.38 bits per heavy atom. The van der Waals surface area contributed by atoms with Crippen LogP contribution in [-0.2, 0) is 11.3 Å². The third-order valence-corrected chi connectivity index (χ3v) is 3.22. The molecule has 5 heteroatoms. The quantitative estimate of drug-likeness (QED) is 0.680. The van der Waals surface area contributed by atoms with Crippen molar-refractivity contribution in [1.82, 2.24) is 4.90 Å². The van der Waals surface area contributed by atoms with Gasteiger partial charge in [0, 0.05) is 31.7 Å². The average Bonchev–Trinajstić information content (AvgIpc) is 2.42. The number of nitrogens with two attached hydrogens (primary N) is 1. The largest absolute Gasteiger partial charge is 0.389 e. The van der Waals surface area contributed by atoms with E-state index < -0.39 is 5.60 Å². The maximum atomic E-state index is 12.0. The van der Waals surface area contributed by atoms with E-state index in [1.54, 1.807) is 13.8 Å². The summed E-state index contributed by atoms with van der Waals surface area (Å²) < 4.78 is 0. The second kappa shape index (κ2) is 8.12. The SMILES string of the molecule is CCN(CCC(=O)Nc1ccccc1CN)CC(C)(C)O. The molecule has 0 spiro atoms. The van der Waals surface area contributed by atoms with Crippen LogP contribution in [0.3, 0.4) is 0 Å². The number of benzene rings is 1. The van der Waals surface area contributed by atoms with E-state index in [-0.39, 0.29) is 5.91 Å². The van der Waals surface area contributed by atoms with Crippen molar-refractivity contribution in [3.63, 3.8) is 0 Å². The van der Waals surface area contributed by atoms with Gasteiger partial charge in [-0.1, -0.05) is 25.1 Å². The number of nitrogens with zero attached hydrogens (tertiary/aromatic N) is 1. The van der Waals surface area contributed by atoms with Crippen molar-refractivity contribution in [2.45, 2.75) is 39.3 Å². The summed E-state index contributed by atoms with van der Waals surface area (Å²) in [4.78, 5) is 14.1. The Kier molecular flexibility index (Phi) is 6.81. The number of hydrogen-bond acceptors (Lipinski definition) is 4. The molecule has 4 N–H and O–H groups in total. The van der Waals surface area contributed by atoms with E-state index in [2.05, 4.69) is 10.2 Å². The van der Waals surface area contributed by atoms with Crippen molar-refractivity contribution in [3.05, 3.63) is 29.8 Å². The predicted octanol–water partition coefficient (Wildman–Crippen LogP) is 1.57. The Morgan fingerprint density at radius 3 is 2.62 bits per heavy atom. The molecule has 0 aliphatic rings.